The molecule has 0 fully saturated rings. The highest BCUT2D eigenvalue weighted by molar-refractivity contribution is 5.64. The zero-order valence-electron chi connectivity index (χ0n) is 8.77. The van der Waals surface area contributed by atoms with Crippen LogP contribution in [0.5, 0.6) is 5.88 Å². The molecule has 76 valence electrons. The molecule has 2 aromatic rings. The Morgan fingerprint density at radius 1 is 1.20 bits per heavy atom. The first-order valence-electron chi connectivity index (χ1n) is 4.73. The van der Waals surface area contributed by atoms with E-state index >= 15 is 0 Å². The summed E-state index contributed by atoms with van der Waals surface area (Å²) in [5.41, 5.74) is 3.11. The van der Waals surface area contributed by atoms with Crippen molar-refractivity contribution in [2.45, 2.75) is 6.92 Å². The SMILES string of the molecule is COc1ccc(-c2cccnc2)c(C)n1. The van der Waals surface area contributed by atoms with E-state index in [1.807, 2.05) is 37.4 Å². The Morgan fingerprint density at radius 2 is 2.07 bits per heavy atom. The van der Waals surface area contributed by atoms with Gasteiger partial charge in [-0.05, 0) is 19.1 Å². The van der Waals surface area contributed by atoms with Crippen LogP contribution in [0.1, 0.15) is 5.69 Å². The predicted octanol–water partition coefficient (Wildman–Crippen LogP) is 2.46. The molecule has 0 aliphatic rings. The van der Waals surface area contributed by atoms with Crippen molar-refractivity contribution >= 4 is 0 Å². The highest BCUT2D eigenvalue weighted by Gasteiger charge is 2.03. The molecule has 0 aliphatic heterocycles. The molecular weight excluding hydrogens is 188 g/mol. The average molecular weight is 200 g/mol. The van der Waals surface area contributed by atoms with Crippen molar-refractivity contribution in [2.24, 2.45) is 0 Å². The summed E-state index contributed by atoms with van der Waals surface area (Å²) in [6.45, 7) is 1.96. The Labute approximate surface area is 88.8 Å². The molecule has 0 N–H and O–H groups in total. The molecule has 0 radical (unpaired) electrons. The second-order valence-corrected chi connectivity index (χ2v) is 3.23. The minimum Gasteiger partial charge on any atom is -0.481 e. The monoisotopic (exact) mass is 200 g/mol. The van der Waals surface area contributed by atoms with Crippen molar-refractivity contribution in [3.8, 4) is 17.0 Å². The molecule has 0 aliphatic carbocycles. The van der Waals surface area contributed by atoms with Gasteiger partial charge in [0.05, 0.1) is 7.11 Å². The lowest BCUT2D eigenvalue weighted by Crippen LogP contribution is -1.92. The summed E-state index contributed by atoms with van der Waals surface area (Å²) in [5.74, 6) is 0.639. The Kier molecular flexibility index (Phi) is 2.63. The second-order valence-electron chi connectivity index (χ2n) is 3.23. The van der Waals surface area contributed by atoms with Crippen LogP contribution in [0.25, 0.3) is 11.1 Å². The van der Waals surface area contributed by atoms with Crippen LogP contribution in [0.3, 0.4) is 0 Å². The zero-order chi connectivity index (χ0) is 10.7. The molecule has 2 heterocycles. The summed E-state index contributed by atoms with van der Waals surface area (Å²) in [6.07, 6.45) is 3.59. The third-order valence-electron chi connectivity index (χ3n) is 2.24. The van der Waals surface area contributed by atoms with Crippen molar-refractivity contribution < 1.29 is 4.74 Å². The quantitative estimate of drug-likeness (QED) is 0.747. The van der Waals surface area contributed by atoms with Gasteiger partial charge in [-0.1, -0.05) is 6.07 Å². The first-order chi connectivity index (χ1) is 7.31. The Bertz CT molecular complexity index is 454. The molecule has 3 heteroatoms. The van der Waals surface area contributed by atoms with E-state index in [0.717, 1.165) is 16.8 Å². The maximum absolute atomic E-state index is 5.06. The van der Waals surface area contributed by atoms with Crippen molar-refractivity contribution in [2.75, 3.05) is 7.11 Å². The molecule has 2 rings (SSSR count). The molecular formula is C12H12N2O. The molecule has 0 saturated carbocycles. The summed E-state index contributed by atoms with van der Waals surface area (Å²) < 4.78 is 5.06. The van der Waals surface area contributed by atoms with Gasteiger partial charge in [-0.2, -0.15) is 0 Å². The van der Waals surface area contributed by atoms with Gasteiger partial charge in [-0.15, -0.1) is 0 Å². The number of hydrogen-bond donors (Lipinski definition) is 0. The third kappa shape index (κ3) is 1.96. The van der Waals surface area contributed by atoms with Crippen LogP contribution in [0.15, 0.2) is 36.7 Å². The van der Waals surface area contributed by atoms with Gasteiger partial charge in [0.2, 0.25) is 5.88 Å². The van der Waals surface area contributed by atoms with Crippen molar-refractivity contribution in [1.29, 1.82) is 0 Å². The fourth-order valence-corrected chi connectivity index (χ4v) is 1.48. The van der Waals surface area contributed by atoms with E-state index in [4.69, 9.17) is 4.74 Å². The van der Waals surface area contributed by atoms with Gasteiger partial charge in [0.25, 0.3) is 0 Å². The highest BCUT2D eigenvalue weighted by atomic mass is 16.5. The van der Waals surface area contributed by atoms with Crippen LogP contribution >= 0.6 is 0 Å². The molecule has 3 nitrogen and oxygen atoms in total. The smallest absolute Gasteiger partial charge is 0.213 e. The number of pyridine rings is 2. The molecule has 0 bridgehead atoms. The second kappa shape index (κ2) is 4.09. The first-order valence-corrected chi connectivity index (χ1v) is 4.73. The first kappa shape index (κ1) is 9.65. The molecule has 0 spiro atoms. The van der Waals surface area contributed by atoms with Crippen molar-refractivity contribution in [1.82, 2.24) is 9.97 Å². The Morgan fingerprint density at radius 3 is 2.67 bits per heavy atom. The minimum atomic E-state index is 0.639. The van der Waals surface area contributed by atoms with Gasteiger partial charge in [-0.25, -0.2) is 4.98 Å². The van der Waals surface area contributed by atoms with E-state index in [1.54, 1.807) is 13.3 Å². The minimum absolute atomic E-state index is 0.639. The van der Waals surface area contributed by atoms with E-state index in [9.17, 15) is 0 Å². The topological polar surface area (TPSA) is 35.0 Å². The Balaban J connectivity index is 2.46. The molecule has 0 saturated heterocycles. The largest absolute Gasteiger partial charge is 0.481 e. The number of methoxy groups -OCH3 is 1. The predicted molar refractivity (Wildman–Crippen MR) is 58.8 cm³/mol. The van der Waals surface area contributed by atoms with Crippen LogP contribution in [-0.4, -0.2) is 17.1 Å². The summed E-state index contributed by atoms with van der Waals surface area (Å²) in [7, 11) is 1.62. The number of rotatable bonds is 2. The van der Waals surface area contributed by atoms with Crippen molar-refractivity contribution in [3.05, 3.63) is 42.4 Å². The number of ether oxygens (including phenoxy) is 1. The number of nitrogens with zero attached hydrogens (tertiary/aromatic N) is 2. The molecule has 0 unspecified atom stereocenters. The van der Waals surface area contributed by atoms with Crippen LogP contribution < -0.4 is 4.74 Å². The average Bonchev–Trinajstić information content (AvgIpc) is 2.30. The maximum Gasteiger partial charge on any atom is 0.213 e. The molecule has 0 atom stereocenters. The molecule has 2 aromatic heterocycles. The lowest BCUT2D eigenvalue weighted by Gasteiger charge is -2.06. The van der Waals surface area contributed by atoms with Gasteiger partial charge < -0.3 is 4.74 Å². The van der Waals surface area contributed by atoms with Gasteiger partial charge >= 0.3 is 0 Å². The fourth-order valence-electron chi connectivity index (χ4n) is 1.48. The van der Waals surface area contributed by atoms with E-state index in [0.29, 0.717) is 5.88 Å². The fraction of sp³-hybridized carbons (Fsp3) is 0.167. The normalized spacial score (nSPS) is 10.0. The van der Waals surface area contributed by atoms with E-state index in [1.165, 1.54) is 0 Å². The van der Waals surface area contributed by atoms with E-state index in [2.05, 4.69) is 9.97 Å². The van der Waals surface area contributed by atoms with Gasteiger partial charge in [-0.3, -0.25) is 4.98 Å². The van der Waals surface area contributed by atoms with E-state index < -0.39 is 0 Å². The lowest BCUT2D eigenvalue weighted by atomic mass is 10.1. The van der Waals surface area contributed by atoms with E-state index in [-0.39, 0.29) is 0 Å². The standard InChI is InChI=1S/C12H12N2O/c1-9-11(5-6-12(14-9)15-2)10-4-3-7-13-8-10/h3-8H,1-2H3. The Hall–Kier alpha value is -1.90. The molecule has 15 heavy (non-hydrogen) atoms. The van der Waals surface area contributed by atoms with Crippen LogP contribution in [0.4, 0.5) is 0 Å². The van der Waals surface area contributed by atoms with Gasteiger partial charge in [0.1, 0.15) is 0 Å². The van der Waals surface area contributed by atoms with Crippen molar-refractivity contribution in [3.63, 3.8) is 0 Å². The van der Waals surface area contributed by atoms with Crippen LogP contribution in [0.2, 0.25) is 0 Å². The summed E-state index contributed by atoms with van der Waals surface area (Å²) in [5, 5.41) is 0. The van der Waals surface area contributed by atoms with Gasteiger partial charge in [0, 0.05) is 35.3 Å². The zero-order valence-corrected chi connectivity index (χ0v) is 8.77. The third-order valence-corrected chi connectivity index (χ3v) is 2.24. The summed E-state index contributed by atoms with van der Waals surface area (Å²) in [4.78, 5) is 8.40. The maximum atomic E-state index is 5.06. The number of aromatic nitrogens is 2. The summed E-state index contributed by atoms with van der Waals surface area (Å²) in [6, 6.07) is 7.79. The summed E-state index contributed by atoms with van der Waals surface area (Å²) >= 11 is 0. The highest BCUT2D eigenvalue weighted by Crippen LogP contribution is 2.22. The van der Waals surface area contributed by atoms with Gasteiger partial charge in [0.15, 0.2) is 0 Å². The van der Waals surface area contributed by atoms with Crippen LogP contribution in [-0.2, 0) is 0 Å². The number of aryl methyl sites for hydroxylation is 1. The molecule has 0 amide bonds. The lowest BCUT2D eigenvalue weighted by molar-refractivity contribution is 0.397. The van der Waals surface area contributed by atoms with Crippen LogP contribution in [0, 0.1) is 6.92 Å². The molecule has 0 aromatic carbocycles. The number of hydrogen-bond acceptors (Lipinski definition) is 3.